The molecule has 3 aromatic rings. The number of amides is 1. The van der Waals surface area contributed by atoms with Crippen LogP contribution < -0.4 is 5.73 Å². The van der Waals surface area contributed by atoms with Gasteiger partial charge in [0.15, 0.2) is 6.10 Å². The molecule has 0 bridgehead atoms. The highest BCUT2D eigenvalue weighted by Crippen LogP contribution is 2.36. The zero-order valence-corrected chi connectivity index (χ0v) is 20.7. The molecule has 2 aromatic heterocycles. The Hall–Kier alpha value is -3.55. The number of nitrogens with two attached hydrogens (primary N) is 1. The summed E-state index contributed by atoms with van der Waals surface area (Å²) in [6, 6.07) is 5.07. The van der Waals surface area contributed by atoms with Gasteiger partial charge in [0.1, 0.15) is 34.5 Å². The third-order valence-electron chi connectivity index (χ3n) is 6.67. The molecular weight excluding hydrogens is 531 g/mol. The van der Waals surface area contributed by atoms with E-state index in [2.05, 4.69) is 15.2 Å². The second-order valence-corrected chi connectivity index (χ2v) is 9.92. The fourth-order valence-electron chi connectivity index (χ4n) is 4.67. The number of carbonyl (C=O) groups excluding carboxylic acids is 1. The number of rotatable bonds is 7. The van der Waals surface area contributed by atoms with Crippen molar-refractivity contribution < 1.29 is 31.6 Å². The monoisotopic (exact) mass is 554 g/mol. The second-order valence-electron chi connectivity index (χ2n) is 9.06. The van der Waals surface area contributed by atoms with Crippen LogP contribution in [-0.4, -0.2) is 44.4 Å². The Labute approximate surface area is 217 Å². The number of hydrogen-bond acceptors (Lipinski definition) is 7. The summed E-state index contributed by atoms with van der Waals surface area (Å²) in [6.45, 7) is 0.190. The van der Waals surface area contributed by atoms with E-state index >= 15 is 0 Å². The van der Waals surface area contributed by atoms with Crippen LogP contribution in [0, 0.1) is 5.82 Å². The molecule has 1 amide bonds. The molecule has 1 saturated heterocycles. The Morgan fingerprint density at radius 3 is 2.63 bits per heavy atom. The highest BCUT2D eigenvalue weighted by Gasteiger charge is 2.31. The van der Waals surface area contributed by atoms with Gasteiger partial charge in [-0.05, 0) is 31.0 Å². The summed E-state index contributed by atoms with van der Waals surface area (Å²) >= 11 is 1.39. The largest absolute Gasteiger partial charge is 0.398 e. The highest BCUT2D eigenvalue weighted by molar-refractivity contribution is 7.11. The molecular formula is C24H23F5N6O2S. The van der Waals surface area contributed by atoms with Gasteiger partial charge in [-0.25, -0.2) is 26.9 Å². The molecule has 1 atom stereocenters. The standard InChI is InChI=1S/C24H23F5N6O2S/c25-13-2-1-3-14(30)21(13)19-9-16(33-37-19)24-31-17(11-38-24)12-4-6-34(7-5-12)20(36)10-35-18(23(28)29)8-15(32-35)22(26)27/h1-3,8,11-12,19,22-23H,4-7,9-10,30H2. The van der Waals surface area contributed by atoms with E-state index in [1.54, 1.807) is 6.07 Å². The first kappa shape index (κ1) is 26.1. The maximum absolute atomic E-state index is 14.3. The number of likely N-dealkylation sites (tertiary alicyclic amines) is 1. The molecule has 202 valence electrons. The van der Waals surface area contributed by atoms with Crippen molar-refractivity contribution in [3.05, 3.63) is 63.1 Å². The van der Waals surface area contributed by atoms with E-state index in [0.717, 1.165) is 5.69 Å². The normalized spacial score (nSPS) is 18.3. The van der Waals surface area contributed by atoms with Gasteiger partial charge in [0.25, 0.3) is 12.9 Å². The van der Waals surface area contributed by atoms with E-state index < -0.39 is 48.6 Å². The number of oxime groups is 1. The average Bonchev–Trinajstić information content (AvgIpc) is 3.64. The fraction of sp³-hybridized carbons (Fsp3) is 0.417. The van der Waals surface area contributed by atoms with Crippen LogP contribution in [0.15, 0.2) is 34.8 Å². The van der Waals surface area contributed by atoms with E-state index in [9.17, 15) is 26.7 Å². The summed E-state index contributed by atoms with van der Waals surface area (Å²) in [5.74, 6) is -0.860. The summed E-state index contributed by atoms with van der Waals surface area (Å²) < 4.78 is 67.1. The van der Waals surface area contributed by atoms with E-state index in [1.165, 1.54) is 28.4 Å². The third kappa shape index (κ3) is 5.22. The van der Waals surface area contributed by atoms with Gasteiger partial charge in [0.05, 0.1) is 11.3 Å². The number of anilines is 1. The zero-order chi connectivity index (χ0) is 27.0. The molecule has 8 nitrogen and oxygen atoms in total. The van der Waals surface area contributed by atoms with Crippen LogP contribution in [0.2, 0.25) is 0 Å². The van der Waals surface area contributed by atoms with Gasteiger partial charge in [-0.15, -0.1) is 11.3 Å². The molecule has 0 aliphatic carbocycles. The lowest BCUT2D eigenvalue weighted by Crippen LogP contribution is -2.40. The number of hydrogen-bond donors (Lipinski definition) is 1. The molecule has 1 fully saturated rings. The van der Waals surface area contributed by atoms with Crippen LogP contribution in [0.4, 0.5) is 27.6 Å². The molecule has 1 unspecified atom stereocenters. The van der Waals surface area contributed by atoms with Crippen LogP contribution >= 0.6 is 11.3 Å². The molecule has 5 rings (SSSR count). The maximum Gasteiger partial charge on any atom is 0.282 e. The van der Waals surface area contributed by atoms with Gasteiger partial charge in [0, 0.05) is 36.5 Å². The molecule has 0 saturated carbocycles. The van der Waals surface area contributed by atoms with Crippen molar-refractivity contribution in [3.8, 4) is 0 Å². The molecule has 0 radical (unpaired) electrons. The van der Waals surface area contributed by atoms with Crippen LogP contribution in [0.5, 0.6) is 0 Å². The Bertz CT molecular complexity index is 1330. The van der Waals surface area contributed by atoms with Crippen molar-refractivity contribution in [2.24, 2.45) is 5.16 Å². The van der Waals surface area contributed by atoms with Crippen molar-refractivity contribution in [2.75, 3.05) is 18.8 Å². The van der Waals surface area contributed by atoms with Gasteiger partial charge in [-0.2, -0.15) is 5.10 Å². The molecule has 2 aliphatic rings. The number of aromatic nitrogens is 3. The number of carbonyl (C=O) groups is 1. The average molecular weight is 555 g/mol. The van der Waals surface area contributed by atoms with E-state index in [-0.39, 0.29) is 11.5 Å². The van der Waals surface area contributed by atoms with Gasteiger partial charge in [0.2, 0.25) is 5.91 Å². The summed E-state index contributed by atoms with van der Waals surface area (Å²) in [5.41, 5.74) is 6.41. The number of nitrogen functional groups attached to an aromatic ring is 1. The number of piperidine rings is 1. The van der Waals surface area contributed by atoms with Gasteiger partial charge >= 0.3 is 0 Å². The number of halogens is 5. The molecule has 14 heteroatoms. The Kier molecular flexibility index (Phi) is 7.32. The van der Waals surface area contributed by atoms with Crippen molar-refractivity contribution in [2.45, 2.75) is 50.7 Å². The first-order valence-corrected chi connectivity index (χ1v) is 12.7. The van der Waals surface area contributed by atoms with Gasteiger partial charge in [-0.1, -0.05) is 11.2 Å². The minimum absolute atomic E-state index is 0.0664. The number of nitrogens with zero attached hydrogens (tertiary/aromatic N) is 5. The van der Waals surface area contributed by atoms with E-state index in [1.807, 2.05) is 5.38 Å². The zero-order valence-electron chi connectivity index (χ0n) is 19.9. The summed E-state index contributed by atoms with van der Waals surface area (Å²) in [7, 11) is 0. The minimum atomic E-state index is -3.03. The van der Waals surface area contributed by atoms with Crippen molar-refractivity contribution >= 4 is 28.6 Å². The Balaban J connectivity index is 1.18. The lowest BCUT2D eigenvalue weighted by Gasteiger charge is -2.31. The SMILES string of the molecule is Nc1cccc(F)c1C1CC(c2nc(C3CCN(C(=O)Cn4nc(C(F)F)cc4C(F)F)CC3)cs2)=NO1. The first-order valence-electron chi connectivity index (χ1n) is 11.8. The number of benzene rings is 1. The minimum Gasteiger partial charge on any atom is -0.398 e. The molecule has 0 spiro atoms. The maximum atomic E-state index is 14.3. The molecule has 38 heavy (non-hydrogen) atoms. The summed E-state index contributed by atoms with van der Waals surface area (Å²) in [6.07, 6.45) is -5.16. The van der Waals surface area contributed by atoms with E-state index in [4.69, 9.17) is 10.6 Å². The Morgan fingerprint density at radius 1 is 1.18 bits per heavy atom. The number of thiazole rings is 1. The second kappa shape index (κ2) is 10.7. The lowest BCUT2D eigenvalue weighted by atomic mass is 9.94. The number of alkyl halides is 4. The van der Waals surface area contributed by atoms with Crippen molar-refractivity contribution in [3.63, 3.8) is 0 Å². The smallest absolute Gasteiger partial charge is 0.282 e. The van der Waals surface area contributed by atoms with Crippen LogP contribution in [0.3, 0.4) is 0 Å². The lowest BCUT2D eigenvalue weighted by molar-refractivity contribution is -0.133. The first-order chi connectivity index (χ1) is 18.2. The third-order valence-corrected chi connectivity index (χ3v) is 7.58. The van der Waals surface area contributed by atoms with Gasteiger partial charge < -0.3 is 15.5 Å². The molecule has 2 N–H and O–H groups in total. The van der Waals surface area contributed by atoms with Gasteiger partial charge in [-0.3, -0.25) is 9.48 Å². The van der Waals surface area contributed by atoms with Crippen LogP contribution in [0.1, 0.15) is 71.8 Å². The molecule has 4 heterocycles. The van der Waals surface area contributed by atoms with E-state index in [0.29, 0.717) is 59.5 Å². The quantitative estimate of drug-likeness (QED) is 0.320. The fourth-order valence-corrected chi connectivity index (χ4v) is 5.56. The van der Waals surface area contributed by atoms with Crippen molar-refractivity contribution in [1.29, 1.82) is 0 Å². The summed E-state index contributed by atoms with van der Waals surface area (Å²) in [4.78, 5) is 24.3. The topological polar surface area (TPSA) is 98.6 Å². The summed E-state index contributed by atoms with van der Waals surface area (Å²) in [5, 5.41) is 10.1. The predicted molar refractivity (Wildman–Crippen MR) is 129 cm³/mol. The molecule has 2 aliphatic heterocycles. The van der Waals surface area contributed by atoms with Crippen molar-refractivity contribution in [1.82, 2.24) is 19.7 Å². The van der Waals surface area contributed by atoms with Crippen LogP contribution in [-0.2, 0) is 16.2 Å². The molecule has 1 aromatic carbocycles. The highest BCUT2D eigenvalue weighted by atomic mass is 32.1. The Morgan fingerprint density at radius 2 is 1.95 bits per heavy atom. The van der Waals surface area contributed by atoms with Crippen LogP contribution in [0.25, 0.3) is 0 Å². The predicted octanol–water partition coefficient (Wildman–Crippen LogP) is 5.21.